The van der Waals surface area contributed by atoms with Gasteiger partial charge in [-0.3, -0.25) is 4.79 Å². The SMILES string of the molecule is C=C[C@H]1C[C@H]1/C=C/C=O. The minimum Gasteiger partial charge on any atom is -0.299 e. The maximum atomic E-state index is 9.82. The highest BCUT2D eigenvalue weighted by Crippen LogP contribution is 2.39. The van der Waals surface area contributed by atoms with Crippen LogP contribution in [0, 0.1) is 11.8 Å². The molecule has 0 N–H and O–H groups in total. The third-order valence-electron chi connectivity index (χ3n) is 1.63. The topological polar surface area (TPSA) is 17.1 Å². The average molecular weight is 122 g/mol. The lowest BCUT2D eigenvalue weighted by Crippen LogP contribution is -1.70. The normalized spacial score (nSPS) is 32.4. The Morgan fingerprint density at radius 2 is 2.22 bits per heavy atom. The van der Waals surface area contributed by atoms with Crippen LogP contribution >= 0.6 is 0 Å². The molecule has 1 saturated carbocycles. The van der Waals surface area contributed by atoms with E-state index in [1.54, 1.807) is 6.08 Å². The van der Waals surface area contributed by atoms with Gasteiger partial charge in [0.1, 0.15) is 6.29 Å². The second-order valence-electron chi connectivity index (χ2n) is 2.32. The van der Waals surface area contributed by atoms with Gasteiger partial charge in [-0.05, 0) is 24.3 Å². The molecule has 0 aromatic carbocycles. The van der Waals surface area contributed by atoms with Crippen molar-refractivity contribution in [3.8, 4) is 0 Å². The van der Waals surface area contributed by atoms with Crippen molar-refractivity contribution in [3.63, 3.8) is 0 Å². The molecule has 0 aromatic rings. The number of hydrogen-bond acceptors (Lipinski definition) is 1. The molecule has 0 bridgehead atoms. The Kier molecular flexibility index (Phi) is 1.83. The second-order valence-corrected chi connectivity index (χ2v) is 2.32. The van der Waals surface area contributed by atoms with E-state index < -0.39 is 0 Å². The molecule has 0 spiro atoms. The Hall–Kier alpha value is -0.850. The van der Waals surface area contributed by atoms with Gasteiger partial charge in [0.2, 0.25) is 0 Å². The fourth-order valence-electron chi connectivity index (χ4n) is 0.916. The Balaban J connectivity index is 2.26. The van der Waals surface area contributed by atoms with Crippen LogP contribution in [0.3, 0.4) is 0 Å². The lowest BCUT2D eigenvalue weighted by Gasteiger charge is -1.78. The van der Waals surface area contributed by atoms with E-state index in [-0.39, 0.29) is 0 Å². The second kappa shape index (κ2) is 2.62. The van der Waals surface area contributed by atoms with Crippen molar-refractivity contribution in [1.82, 2.24) is 0 Å². The predicted octanol–water partition coefficient (Wildman–Crippen LogP) is 1.56. The molecule has 1 fully saturated rings. The van der Waals surface area contributed by atoms with Gasteiger partial charge in [0.25, 0.3) is 0 Å². The minimum atomic E-state index is 0.604. The molecule has 1 aliphatic rings. The molecule has 0 saturated heterocycles. The largest absolute Gasteiger partial charge is 0.299 e. The third kappa shape index (κ3) is 1.53. The van der Waals surface area contributed by atoms with Crippen LogP contribution in [0.1, 0.15) is 6.42 Å². The Labute approximate surface area is 55.1 Å². The summed E-state index contributed by atoms with van der Waals surface area (Å²) in [5.41, 5.74) is 0. The van der Waals surface area contributed by atoms with Gasteiger partial charge in [0.15, 0.2) is 0 Å². The van der Waals surface area contributed by atoms with E-state index in [1.165, 1.54) is 6.42 Å². The molecule has 9 heavy (non-hydrogen) atoms. The number of carbonyl (C=O) groups excluding carboxylic acids is 1. The lowest BCUT2D eigenvalue weighted by atomic mass is 10.3. The average Bonchev–Trinajstić information content (AvgIpc) is 2.62. The zero-order valence-electron chi connectivity index (χ0n) is 5.29. The maximum absolute atomic E-state index is 9.82. The summed E-state index contributed by atoms with van der Waals surface area (Å²) in [6.07, 6.45) is 7.44. The zero-order valence-corrected chi connectivity index (χ0v) is 5.29. The van der Waals surface area contributed by atoms with Gasteiger partial charge in [-0.15, -0.1) is 6.58 Å². The van der Waals surface area contributed by atoms with Gasteiger partial charge in [-0.2, -0.15) is 0 Å². The summed E-state index contributed by atoms with van der Waals surface area (Å²) >= 11 is 0. The number of aldehydes is 1. The van der Waals surface area contributed by atoms with E-state index in [1.807, 2.05) is 12.2 Å². The van der Waals surface area contributed by atoms with Crippen molar-refractivity contribution in [3.05, 3.63) is 24.8 Å². The Morgan fingerprint density at radius 1 is 1.44 bits per heavy atom. The number of rotatable bonds is 3. The molecule has 1 rings (SSSR count). The van der Waals surface area contributed by atoms with E-state index in [4.69, 9.17) is 0 Å². The maximum Gasteiger partial charge on any atom is 0.142 e. The van der Waals surface area contributed by atoms with Gasteiger partial charge in [0, 0.05) is 0 Å². The summed E-state index contributed by atoms with van der Waals surface area (Å²) in [6, 6.07) is 0. The van der Waals surface area contributed by atoms with E-state index in [9.17, 15) is 4.79 Å². The first-order chi connectivity index (χ1) is 4.38. The fourth-order valence-corrected chi connectivity index (χ4v) is 0.916. The molecular formula is C8H10O. The quantitative estimate of drug-likeness (QED) is 0.315. The van der Waals surface area contributed by atoms with Crippen molar-refractivity contribution in [2.75, 3.05) is 0 Å². The van der Waals surface area contributed by atoms with E-state index in [2.05, 4.69) is 6.58 Å². The molecule has 0 radical (unpaired) electrons. The summed E-state index contributed by atoms with van der Waals surface area (Å²) in [5.74, 6) is 1.24. The Bertz CT molecular complexity index is 147. The summed E-state index contributed by atoms with van der Waals surface area (Å²) in [4.78, 5) is 9.82. The van der Waals surface area contributed by atoms with Crippen LogP contribution in [0.25, 0.3) is 0 Å². The van der Waals surface area contributed by atoms with E-state index in [0.717, 1.165) is 6.29 Å². The molecule has 1 heteroatoms. The standard InChI is InChI=1S/C8H10O/c1-2-7-6-8(7)4-3-5-9/h2-5,7-8H,1,6H2/b4-3+/t7-,8+/m0/s1. The molecule has 0 aromatic heterocycles. The summed E-state index contributed by atoms with van der Waals surface area (Å²) in [6.45, 7) is 3.66. The summed E-state index contributed by atoms with van der Waals surface area (Å²) < 4.78 is 0. The van der Waals surface area contributed by atoms with Crippen molar-refractivity contribution in [2.24, 2.45) is 11.8 Å². The predicted molar refractivity (Wildman–Crippen MR) is 37.0 cm³/mol. The van der Waals surface area contributed by atoms with Crippen molar-refractivity contribution < 1.29 is 4.79 Å². The molecule has 0 unspecified atom stereocenters. The highest BCUT2D eigenvalue weighted by atomic mass is 16.1. The molecule has 1 aliphatic carbocycles. The van der Waals surface area contributed by atoms with Crippen LogP contribution in [0.2, 0.25) is 0 Å². The summed E-state index contributed by atoms with van der Waals surface area (Å²) in [7, 11) is 0. The molecule has 0 amide bonds. The summed E-state index contributed by atoms with van der Waals surface area (Å²) in [5, 5.41) is 0. The monoisotopic (exact) mass is 122 g/mol. The van der Waals surface area contributed by atoms with E-state index >= 15 is 0 Å². The van der Waals surface area contributed by atoms with Crippen molar-refractivity contribution >= 4 is 6.29 Å². The molecule has 0 heterocycles. The van der Waals surface area contributed by atoms with Crippen LogP contribution in [-0.2, 0) is 4.79 Å². The lowest BCUT2D eigenvalue weighted by molar-refractivity contribution is -0.104. The van der Waals surface area contributed by atoms with Crippen molar-refractivity contribution in [2.45, 2.75) is 6.42 Å². The van der Waals surface area contributed by atoms with Gasteiger partial charge < -0.3 is 0 Å². The van der Waals surface area contributed by atoms with Gasteiger partial charge >= 0.3 is 0 Å². The highest BCUT2D eigenvalue weighted by molar-refractivity contribution is 5.64. The first-order valence-corrected chi connectivity index (χ1v) is 3.13. The number of allylic oxidation sites excluding steroid dienone is 3. The highest BCUT2D eigenvalue weighted by Gasteiger charge is 2.31. The fraction of sp³-hybridized carbons (Fsp3) is 0.375. The van der Waals surface area contributed by atoms with Crippen LogP contribution in [-0.4, -0.2) is 6.29 Å². The first-order valence-electron chi connectivity index (χ1n) is 3.13. The smallest absolute Gasteiger partial charge is 0.142 e. The minimum absolute atomic E-state index is 0.604. The van der Waals surface area contributed by atoms with Crippen LogP contribution < -0.4 is 0 Å². The molecule has 2 atom stereocenters. The van der Waals surface area contributed by atoms with Gasteiger partial charge in [0.05, 0.1) is 0 Å². The van der Waals surface area contributed by atoms with Gasteiger partial charge in [-0.25, -0.2) is 0 Å². The number of carbonyl (C=O) groups is 1. The number of hydrogen-bond donors (Lipinski definition) is 0. The zero-order chi connectivity index (χ0) is 6.69. The molecule has 0 aliphatic heterocycles. The van der Waals surface area contributed by atoms with Crippen molar-refractivity contribution in [1.29, 1.82) is 0 Å². The molecule has 48 valence electrons. The van der Waals surface area contributed by atoms with Crippen LogP contribution in [0.4, 0.5) is 0 Å². The van der Waals surface area contributed by atoms with Gasteiger partial charge in [-0.1, -0.05) is 12.2 Å². The molecular weight excluding hydrogens is 112 g/mol. The van der Waals surface area contributed by atoms with E-state index in [0.29, 0.717) is 11.8 Å². The van der Waals surface area contributed by atoms with Crippen LogP contribution in [0.5, 0.6) is 0 Å². The Morgan fingerprint density at radius 3 is 2.67 bits per heavy atom. The first kappa shape index (κ1) is 6.27. The third-order valence-corrected chi connectivity index (χ3v) is 1.63. The van der Waals surface area contributed by atoms with Crippen LogP contribution in [0.15, 0.2) is 24.8 Å². The molecule has 1 nitrogen and oxygen atoms in total.